The summed E-state index contributed by atoms with van der Waals surface area (Å²) < 4.78 is 27.5. The van der Waals surface area contributed by atoms with Gasteiger partial charge in [0.25, 0.3) is 0 Å². The molecule has 2 heterocycles. The number of amides is 2. The molecule has 0 bridgehead atoms. The number of aromatic nitrogens is 4. The first-order valence-electron chi connectivity index (χ1n) is 12.8. The molecular formula is C27H33ClFN7O4. The quantitative estimate of drug-likeness (QED) is 0.298. The van der Waals surface area contributed by atoms with Gasteiger partial charge in [0.15, 0.2) is 5.82 Å². The summed E-state index contributed by atoms with van der Waals surface area (Å²) in [6, 6.07) is 4.42. The number of rotatable bonds is 8. The first-order chi connectivity index (χ1) is 18.8. The van der Waals surface area contributed by atoms with Crippen molar-refractivity contribution in [1.82, 2.24) is 25.1 Å². The van der Waals surface area contributed by atoms with Gasteiger partial charge in [0.2, 0.25) is 5.95 Å². The summed E-state index contributed by atoms with van der Waals surface area (Å²) in [7, 11) is 1.32. The maximum Gasteiger partial charge on any atom is 0.412 e. The van der Waals surface area contributed by atoms with Gasteiger partial charge < -0.3 is 20.1 Å². The highest BCUT2D eigenvalue weighted by atomic mass is 35.5. The average Bonchev–Trinajstić information content (AvgIpc) is 3.48. The second-order valence-electron chi connectivity index (χ2n) is 10.9. The molecule has 2 aromatic heterocycles. The predicted octanol–water partition coefficient (Wildman–Crippen LogP) is 6.03. The number of ether oxygens (including phenoxy) is 2. The summed E-state index contributed by atoms with van der Waals surface area (Å²) in [5.74, 6) is -0.389. The van der Waals surface area contributed by atoms with E-state index in [4.69, 9.17) is 21.1 Å². The molecule has 3 N–H and O–H groups in total. The predicted molar refractivity (Wildman–Crippen MR) is 150 cm³/mol. The van der Waals surface area contributed by atoms with Gasteiger partial charge in [0, 0.05) is 41.1 Å². The fraction of sp³-hybridized carbons (Fsp3) is 0.444. The van der Waals surface area contributed by atoms with Crippen LogP contribution in [0.15, 0.2) is 30.6 Å². The summed E-state index contributed by atoms with van der Waals surface area (Å²) in [4.78, 5) is 33.0. The fourth-order valence-corrected chi connectivity index (χ4v) is 4.13. The van der Waals surface area contributed by atoms with Gasteiger partial charge in [0.05, 0.1) is 24.0 Å². The van der Waals surface area contributed by atoms with Crippen molar-refractivity contribution in [3.05, 3.63) is 41.4 Å². The molecule has 1 aliphatic carbocycles. The molecule has 13 heteroatoms. The van der Waals surface area contributed by atoms with Crippen LogP contribution >= 0.6 is 11.6 Å². The zero-order valence-corrected chi connectivity index (χ0v) is 24.0. The average molecular weight is 574 g/mol. The Bertz CT molecular complexity index is 1420. The Kier molecular flexibility index (Phi) is 8.20. The van der Waals surface area contributed by atoms with Gasteiger partial charge in [-0.1, -0.05) is 11.6 Å². The molecule has 0 saturated heterocycles. The summed E-state index contributed by atoms with van der Waals surface area (Å²) >= 11 is 6.35. The minimum atomic E-state index is -0.811. The van der Waals surface area contributed by atoms with Crippen LogP contribution in [0.2, 0.25) is 5.02 Å². The van der Waals surface area contributed by atoms with Crippen molar-refractivity contribution in [3.63, 3.8) is 0 Å². The zero-order valence-electron chi connectivity index (χ0n) is 23.3. The van der Waals surface area contributed by atoms with E-state index in [1.165, 1.54) is 19.2 Å². The highest BCUT2D eigenvalue weighted by molar-refractivity contribution is 6.31. The van der Waals surface area contributed by atoms with E-state index in [2.05, 4.69) is 31.0 Å². The Hall–Kier alpha value is -3.93. The molecule has 0 unspecified atom stereocenters. The number of nitrogens with one attached hydrogen (secondary N) is 3. The van der Waals surface area contributed by atoms with Gasteiger partial charge in [-0.15, -0.1) is 0 Å². The molecule has 0 radical (unpaired) electrons. The summed E-state index contributed by atoms with van der Waals surface area (Å²) in [5.41, 5.74) is 0.0835. The van der Waals surface area contributed by atoms with Crippen LogP contribution in [0.1, 0.15) is 53.5 Å². The van der Waals surface area contributed by atoms with Gasteiger partial charge in [-0.2, -0.15) is 5.10 Å². The van der Waals surface area contributed by atoms with E-state index in [0.717, 1.165) is 12.8 Å². The normalized spacial score (nSPS) is 14.0. The molecule has 3 aromatic rings. The van der Waals surface area contributed by atoms with E-state index >= 15 is 4.39 Å². The maximum atomic E-state index is 15.8. The topological polar surface area (TPSA) is 132 Å². The first kappa shape index (κ1) is 29.1. The molecule has 0 spiro atoms. The van der Waals surface area contributed by atoms with Crippen LogP contribution in [0.25, 0.3) is 22.5 Å². The molecule has 1 saturated carbocycles. The van der Waals surface area contributed by atoms with Crippen LogP contribution in [0.4, 0.5) is 25.6 Å². The molecule has 0 atom stereocenters. The largest absolute Gasteiger partial charge is 0.453 e. The number of hydrogen-bond donors (Lipinski definition) is 3. The lowest BCUT2D eigenvalue weighted by atomic mass is 10.0. The molecule has 0 aliphatic heterocycles. The van der Waals surface area contributed by atoms with E-state index in [-0.39, 0.29) is 28.0 Å². The molecule has 214 valence electrons. The van der Waals surface area contributed by atoms with Gasteiger partial charge >= 0.3 is 12.2 Å². The van der Waals surface area contributed by atoms with Crippen molar-refractivity contribution in [3.8, 4) is 22.5 Å². The third kappa shape index (κ3) is 6.98. The number of methoxy groups -OCH3 is 1. The van der Waals surface area contributed by atoms with E-state index in [1.54, 1.807) is 43.9 Å². The van der Waals surface area contributed by atoms with Gasteiger partial charge in [0.1, 0.15) is 11.3 Å². The van der Waals surface area contributed by atoms with Crippen LogP contribution in [-0.4, -0.2) is 56.7 Å². The van der Waals surface area contributed by atoms with Crippen LogP contribution in [0, 0.1) is 5.82 Å². The number of halogens is 2. The smallest absolute Gasteiger partial charge is 0.412 e. The lowest BCUT2D eigenvalue weighted by molar-refractivity contribution is 0.0635. The third-order valence-electron chi connectivity index (χ3n) is 6.11. The monoisotopic (exact) mass is 573 g/mol. The van der Waals surface area contributed by atoms with Crippen molar-refractivity contribution < 1.29 is 23.5 Å². The lowest BCUT2D eigenvalue weighted by Gasteiger charge is -2.20. The molecule has 2 amide bonds. The maximum absolute atomic E-state index is 15.8. The molecule has 1 aliphatic rings. The number of hydrogen-bond acceptors (Lipinski definition) is 8. The van der Waals surface area contributed by atoms with Crippen LogP contribution in [0.5, 0.6) is 0 Å². The summed E-state index contributed by atoms with van der Waals surface area (Å²) in [6.45, 7) is 9.43. The van der Waals surface area contributed by atoms with E-state index in [0.29, 0.717) is 23.8 Å². The molecule has 1 aromatic carbocycles. The molecule has 1 fully saturated rings. The number of carbonyl (C=O) groups is 2. The summed E-state index contributed by atoms with van der Waals surface area (Å²) in [6.07, 6.45) is 3.65. The first-order valence-corrected chi connectivity index (χ1v) is 13.2. The fourth-order valence-electron chi connectivity index (χ4n) is 3.92. The van der Waals surface area contributed by atoms with Crippen LogP contribution < -0.4 is 16.0 Å². The van der Waals surface area contributed by atoms with Crippen molar-refractivity contribution in [2.24, 2.45) is 0 Å². The van der Waals surface area contributed by atoms with Crippen molar-refractivity contribution >= 4 is 35.4 Å². The zero-order chi connectivity index (χ0) is 29.2. The lowest BCUT2D eigenvalue weighted by Crippen LogP contribution is -2.42. The number of benzene rings is 1. The Balaban J connectivity index is 1.67. The minimum absolute atomic E-state index is 0.0346. The van der Waals surface area contributed by atoms with Crippen LogP contribution in [0.3, 0.4) is 0 Å². The Labute approximate surface area is 236 Å². The third-order valence-corrected chi connectivity index (χ3v) is 6.33. The molecular weight excluding hydrogens is 541 g/mol. The van der Waals surface area contributed by atoms with Crippen LogP contribution in [-0.2, 0) is 9.47 Å². The second-order valence-corrected chi connectivity index (χ2v) is 11.4. The Morgan fingerprint density at radius 2 is 1.93 bits per heavy atom. The SMILES string of the molecule is COC(=O)NC1(CNc2nccc(-c3cn(C(C)C)nc3-c3cc(Cl)cc(NC(=O)OC(C)(C)C)c3F)n2)CC1. The molecule has 4 rings (SSSR count). The molecule has 11 nitrogen and oxygen atoms in total. The van der Waals surface area contributed by atoms with Crippen molar-refractivity contribution in [1.29, 1.82) is 0 Å². The van der Waals surface area contributed by atoms with Crippen molar-refractivity contribution in [2.75, 3.05) is 24.3 Å². The standard InChI is InChI=1S/C27H33ClFN7O4/c1-15(2)36-13-18(19-7-10-30-23(32-19)31-14-27(8-9-27)34-25(38)39-6)22(35-36)17-11-16(28)12-20(21(17)29)33-24(37)40-26(3,4)5/h7,10-13,15H,8-9,14H2,1-6H3,(H,33,37)(H,34,38)(H,30,31,32). The Morgan fingerprint density at radius 3 is 2.55 bits per heavy atom. The number of alkyl carbamates (subject to hydrolysis) is 1. The number of anilines is 2. The second kappa shape index (κ2) is 11.3. The number of carbonyl (C=O) groups excluding carboxylic acids is 2. The Morgan fingerprint density at radius 1 is 1.20 bits per heavy atom. The molecule has 40 heavy (non-hydrogen) atoms. The highest BCUT2D eigenvalue weighted by Gasteiger charge is 2.44. The van der Waals surface area contributed by atoms with Crippen molar-refractivity contribution in [2.45, 2.75) is 64.6 Å². The minimum Gasteiger partial charge on any atom is -0.453 e. The van der Waals surface area contributed by atoms with Gasteiger partial charge in [-0.05, 0) is 65.7 Å². The highest BCUT2D eigenvalue weighted by Crippen LogP contribution is 2.38. The van der Waals surface area contributed by atoms with E-state index in [9.17, 15) is 9.59 Å². The van der Waals surface area contributed by atoms with Gasteiger partial charge in [-0.3, -0.25) is 10.00 Å². The van der Waals surface area contributed by atoms with Gasteiger partial charge in [-0.25, -0.2) is 23.9 Å². The van der Waals surface area contributed by atoms with E-state index < -0.39 is 29.1 Å². The van der Waals surface area contributed by atoms with E-state index in [1.807, 2.05) is 13.8 Å². The summed E-state index contributed by atoms with van der Waals surface area (Å²) in [5, 5.41) is 13.3. The number of nitrogens with zero attached hydrogens (tertiary/aromatic N) is 4.